The van der Waals surface area contributed by atoms with E-state index in [9.17, 15) is 13.2 Å². The maximum absolute atomic E-state index is 12.7. The molecule has 0 atom stereocenters. The third-order valence-corrected chi connectivity index (χ3v) is 7.15. The van der Waals surface area contributed by atoms with Crippen LogP contribution in [-0.4, -0.2) is 43.6 Å². The highest BCUT2D eigenvalue weighted by Crippen LogP contribution is 2.35. The summed E-state index contributed by atoms with van der Waals surface area (Å²) in [7, 11) is -2.18. The van der Waals surface area contributed by atoms with Crippen LogP contribution in [-0.2, 0) is 10.0 Å². The molecule has 0 N–H and O–H groups in total. The molecule has 1 aromatic heterocycles. The molecule has 0 radical (unpaired) electrons. The molecule has 1 saturated heterocycles. The number of hydrogen-bond acceptors (Lipinski definition) is 5. The van der Waals surface area contributed by atoms with Gasteiger partial charge in [-0.3, -0.25) is 4.79 Å². The average molecular weight is 425 g/mol. The number of pyridine rings is 1. The molecular formula is C19H21ClN2O5S. The number of sulfonamides is 1. The van der Waals surface area contributed by atoms with E-state index in [-0.39, 0.29) is 34.7 Å². The Morgan fingerprint density at radius 1 is 1.14 bits per heavy atom. The van der Waals surface area contributed by atoms with E-state index in [1.54, 1.807) is 4.57 Å². The Bertz CT molecular complexity index is 1070. The first-order chi connectivity index (χ1) is 13.3. The smallest absolute Gasteiger partial charge is 0.254 e. The molecule has 7 nitrogen and oxygen atoms in total. The first-order valence-electron chi connectivity index (χ1n) is 9.03. The van der Waals surface area contributed by atoms with Gasteiger partial charge in [0.05, 0.1) is 30.1 Å². The molecule has 2 aromatic rings. The Labute approximate surface area is 168 Å². The minimum absolute atomic E-state index is 0.0748. The first-order valence-corrected chi connectivity index (χ1v) is 10.8. The lowest BCUT2D eigenvalue weighted by atomic mass is 10.2. The minimum atomic E-state index is -3.65. The van der Waals surface area contributed by atoms with Crippen LogP contribution in [0.2, 0.25) is 5.02 Å². The minimum Gasteiger partial charge on any atom is -0.495 e. The maximum atomic E-state index is 12.7. The number of methoxy groups -OCH3 is 1. The number of ether oxygens (including phenoxy) is 2. The maximum Gasteiger partial charge on any atom is 0.254 e. The molecule has 0 unspecified atom stereocenters. The normalized spacial score (nSPS) is 18.0. The van der Waals surface area contributed by atoms with Crippen molar-refractivity contribution in [1.29, 1.82) is 0 Å². The topological polar surface area (TPSA) is 77.8 Å². The van der Waals surface area contributed by atoms with Gasteiger partial charge in [-0.2, -0.15) is 4.31 Å². The SMILES string of the molecule is COc1ccc(S(=O)(=O)N2CC(Oc3cc(C)n(C4CC4)c(=O)c3)C2)cc1Cl. The van der Waals surface area contributed by atoms with Crippen LogP contribution < -0.4 is 15.0 Å². The highest BCUT2D eigenvalue weighted by Gasteiger charge is 2.38. The number of aryl methyl sites for hydroxylation is 1. The summed E-state index contributed by atoms with van der Waals surface area (Å²) in [6.07, 6.45) is 1.77. The standard InChI is InChI=1S/C19H21ClN2O5S/c1-12-7-14(8-19(23)22(12)13-3-4-13)27-15-10-21(11-15)28(24,25)16-5-6-18(26-2)17(20)9-16/h5-9,13,15H,3-4,10-11H2,1-2H3. The zero-order valence-corrected chi connectivity index (χ0v) is 17.2. The molecule has 0 amide bonds. The van der Waals surface area contributed by atoms with E-state index in [1.165, 1.54) is 35.7 Å². The van der Waals surface area contributed by atoms with E-state index < -0.39 is 10.0 Å². The van der Waals surface area contributed by atoms with Crippen LogP contribution in [0, 0.1) is 6.92 Å². The van der Waals surface area contributed by atoms with Gasteiger partial charge in [-0.05, 0) is 44.0 Å². The van der Waals surface area contributed by atoms with E-state index in [2.05, 4.69) is 0 Å². The van der Waals surface area contributed by atoms with Crippen LogP contribution in [0.3, 0.4) is 0 Å². The van der Waals surface area contributed by atoms with Gasteiger partial charge in [0.1, 0.15) is 17.6 Å². The van der Waals surface area contributed by atoms with Crippen molar-refractivity contribution in [3.05, 3.63) is 51.4 Å². The average Bonchev–Trinajstić information content (AvgIpc) is 3.41. The van der Waals surface area contributed by atoms with E-state index in [0.29, 0.717) is 17.5 Å². The fourth-order valence-corrected chi connectivity index (χ4v) is 5.22. The second-order valence-corrected chi connectivity index (χ2v) is 9.48. The van der Waals surface area contributed by atoms with Gasteiger partial charge < -0.3 is 14.0 Å². The Kier molecular flexibility index (Phi) is 4.89. The van der Waals surface area contributed by atoms with E-state index in [0.717, 1.165) is 18.5 Å². The Morgan fingerprint density at radius 3 is 2.43 bits per heavy atom. The molecule has 1 aromatic carbocycles. The van der Waals surface area contributed by atoms with Crippen LogP contribution in [0.25, 0.3) is 0 Å². The molecule has 150 valence electrons. The van der Waals surface area contributed by atoms with E-state index in [1.807, 2.05) is 13.0 Å². The highest BCUT2D eigenvalue weighted by molar-refractivity contribution is 7.89. The van der Waals surface area contributed by atoms with Crippen molar-refractivity contribution in [3.63, 3.8) is 0 Å². The predicted octanol–water partition coefficient (Wildman–Crippen LogP) is 2.61. The van der Waals surface area contributed by atoms with Crippen molar-refractivity contribution in [3.8, 4) is 11.5 Å². The fraction of sp³-hybridized carbons (Fsp3) is 0.421. The van der Waals surface area contributed by atoms with Gasteiger partial charge in [0.25, 0.3) is 5.56 Å². The lowest BCUT2D eigenvalue weighted by Gasteiger charge is -2.37. The number of benzene rings is 1. The van der Waals surface area contributed by atoms with Gasteiger partial charge in [0.15, 0.2) is 0 Å². The predicted molar refractivity (Wildman–Crippen MR) is 105 cm³/mol. The van der Waals surface area contributed by atoms with Crippen molar-refractivity contribution in [2.45, 2.75) is 36.8 Å². The zero-order valence-electron chi connectivity index (χ0n) is 15.6. The van der Waals surface area contributed by atoms with Gasteiger partial charge in [-0.1, -0.05) is 11.6 Å². The molecule has 1 saturated carbocycles. The summed E-state index contributed by atoms with van der Waals surface area (Å²) in [5.41, 5.74) is 0.788. The quantitative estimate of drug-likeness (QED) is 0.712. The van der Waals surface area contributed by atoms with Gasteiger partial charge in [0, 0.05) is 17.8 Å². The molecule has 1 aliphatic heterocycles. The zero-order chi connectivity index (χ0) is 20.1. The summed E-state index contributed by atoms with van der Waals surface area (Å²) in [5.74, 6) is 0.899. The molecule has 1 aliphatic carbocycles. The Hall–Kier alpha value is -2.03. The lowest BCUT2D eigenvalue weighted by Crippen LogP contribution is -2.56. The van der Waals surface area contributed by atoms with Crippen molar-refractivity contribution < 1.29 is 17.9 Å². The second kappa shape index (κ2) is 7.09. The number of hydrogen-bond donors (Lipinski definition) is 0. The summed E-state index contributed by atoms with van der Waals surface area (Å²) in [6, 6.07) is 7.99. The van der Waals surface area contributed by atoms with Gasteiger partial charge in [-0.15, -0.1) is 0 Å². The summed E-state index contributed by atoms with van der Waals surface area (Å²) in [4.78, 5) is 12.4. The van der Waals surface area contributed by atoms with Crippen molar-refractivity contribution in [2.75, 3.05) is 20.2 Å². The van der Waals surface area contributed by atoms with Crippen LogP contribution in [0.4, 0.5) is 0 Å². The van der Waals surface area contributed by atoms with Gasteiger partial charge in [-0.25, -0.2) is 8.42 Å². The molecule has 2 fully saturated rings. The highest BCUT2D eigenvalue weighted by atomic mass is 35.5. The summed E-state index contributed by atoms with van der Waals surface area (Å²) in [6.45, 7) is 2.32. The molecule has 4 rings (SSSR count). The summed E-state index contributed by atoms with van der Waals surface area (Å²) in [5, 5.41) is 0.239. The van der Waals surface area contributed by atoms with Crippen LogP contribution in [0.1, 0.15) is 24.6 Å². The monoisotopic (exact) mass is 424 g/mol. The molecular weight excluding hydrogens is 404 g/mol. The number of rotatable bonds is 6. The first kappa shape index (κ1) is 19.3. The molecule has 0 bridgehead atoms. The molecule has 0 spiro atoms. The van der Waals surface area contributed by atoms with E-state index in [4.69, 9.17) is 21.1 Å². The molecule has 2 aliphatic rings. The van der Waals surface area contributed by atoms with Crippen LogP contribution in [0.15, 0.2) is 40.0 Å². The number of aromatic nitrogens is 1. The van der Waals surface area contributed by atoms with Crippen LogP contribution >= 0.6 is 11.6 Å². The largest absolute Gasteiger partial charge is 0.495 e. The van der Waals surface area contributed by atoms with Crippen LogP contribution in [0.5, 0.6) is 11.5 Å². The lowest BCUT2D eigenvalue weighted by molar-refractivity contribution is 0.0758. The van der Waals surface area contributed by atoms with Gasteiger partial charge in [0.2, 0.25) is 10.0 Å². The summed E-state index contributed by atoms with van der Waals surface area (Å²) < 4.78 is 39.4. The molecule has 28 heavy (non-hydrogen) atoms. The number of halogens is 1. The Morgan fingerprint density at radius 2 is 1.86 bits per heavy atom. The fourth-order valence-electron chi connectivity index (χ4n) is 3.37. The third-order valence-electron chi connectivity index (χ3n) is 5.02. The third kappa shape index (κ3) is 3.52. The summed E-state index contributed by atoms with van der Waals surface area (Å²) >= 11 is 6.04. The van der Waals surface area contributed by atoms with E-state index >= 15 is 0 Å². The second-order valence-electron chi connectivity index (χ2n) is 7.13. The molecule has 9 heteroatoms. The van der Waals surface area contributed by atoms with Crippen molar-refractivity contribution in [1.82, 2.24) is 8.87 Å². The van der Waals surface area contributed by atoms with Gasteiger partial charge >= 0.3 is 0 Å². The number of nitrogens with zero attached hydrogens (tertiary/aromatic N) is 2. The van der Waals surface area contributed by atoms with Crippen molar-refractivity contribution in [2.24, 2.45) is 0 Å². The molecule has 2 heterocycles. The van der Waals surface area contributed by atoms with Crippen molar-refractivity contribution >= 4 is 21.6 Å². The Balaban J connectivity index is 1.43.